The summed E-state index contributed by atoms with van der Waals surface area (Å²) in [7, 11) is 0. The summed E-state index contributed by atoms with van der Waals surface area (Å²) >= 11 is 0. The SMILES string of the molecule is NCCCCC(N)C(=O)NC(CCC(=O)O)C(=O)NCC(=O)NC(CCC(N)=O)C(=O)O. The molecule has 0 aromatic heterocycles. The van der Waals surface area contributed by atoms with Crippen molar-refractivity contribution in [2.45, 2.75) is 63.1 Å². The van der Waals surface area contributed by atoms with E-state index in [2.05, 4.69) is 16.0 Å². The number of carboxylic acids is 2. The Morgan fingerprint density at radius 1 is 0.812 bits per heavy atom. The molecule has 3 unspecified atom stereocenters. The fourth-order valence-corrected chi connectivity index (χ4v) is 2.53. The van der Waals surface area contributed by atoms with Crippen LogP contribution in [-0.2, 0) is 28.8 Å². The molecule has 182 valence electrons. The van der Waals surface area contributed by atoms with Crippen molar-refractivity contribution < 1.29 is 39.0 Å². The summed E-state index contributed by atoms with van der Waals surface area (Å²) in [6.45, 7) is -0.202. The van der Waals surface area contributed by atoms with Crippen LogP contribution in [0.15, 0.2) is 0 Å². The second kappa shape index (κ2) is 15.5. The lowest BCUT2D eigenvalue weighted by Gasteiger charge is -2.20. The van der Waals surface area contributed by atoms with E-state index >= 15 is 0 Å². The molecule has 0 saturated heterocycles. The summed E-state index contributed by atoms with van der Waals surface area (Å²) in [4.78, 5) is 69.3. The molecule has 14 heteroatoms. The third-order valence-electron chi connectivity index (χ3n) is 4.32. The van der Waals surface area contributed by atoms with E-state index in [1.165, 1.54) is 0 Å². The maximum absolute atomic E-state index is 12.4. The largest absolute Gasteiger partial charge is 0.481 e. The first kappa shape index (κ1) is 28.7. The monoisotopic (exact) mass is 460 g/mol. The zero-order valence-corrected chi connectivity index (χ0v) is 17.7. The number of hydrogen-bond acceptors (Lipinski definition) is 8. The summed E-state index contributed by atoms with van der Waals surface area (Å²) in [6.07, 6.45) is 0.401. The topological polar surface area (TPSA) is 257 Å². The molecule has 0 heterocycles. The lowest BCUT2D eigenvalue weighted by Crippen LogP contribution is -2.53. The first-order valence-corrected chi connectivity index (χ1v) is 10.0. The van der Waals surface area contributed by atoms with Gasteiger partial charge in [-0.2, -0.15) is 0 Å². The van der Waals surface area contributed by atoms with Crippen molar-refractivity contribution in [2.24, 2.45) is 17.2 Å². The molecule has 0 rings (SSSR count). The van der Waals surface area contributed by atoms with Crippen LogP contribution >= 0.6 is 0 Å². The Hall–Kier alpha value is -3.26. The van der Waals surface area contributed by atoms with E-state index < -0.39 is 66.7 Å². The minimum Gasteiger partial charge on any atom is -0.481 e. The molecule has 0 fully saturated rings. The smallest absolute Gasteiger partial charge is 0.326 e. The number of nitrogens with one attached hydrogen (secondary N) is 3. The third kappa shape index (κ3) is 13.1. The molecule has 0 aliphatic heterocycles. The molecule has 14 nitrogen and oxygen atoms in total. The number of carbonyl (C=O) groups excluding carboxylic acids is 4. The van der Waals surface area contributed by atoms with Crippen LogP contribution in [0.4, 0.5) is 0 Å². The number of aliphatic carboxylic acids is 2. The molecule has 0 aliphatic carbocycles. The number of unbranched alkanes of at least 4 members (excludes halogenated alkanes) is 1. The van der Waals surface area contributed by atoms with Crippen molar-refractivity contribution in [3.63, 3.8) is 0 Å². The van der Waals surface area contributed by atoms with Gasteiger partial charge < -0.3 is 43.4 Å². The molecule has 0 bridgehead atoms. The standard InChI is InChI=1S/C18H32N6O8/c19-8-2-1-3-10(20)16(29)24-11(5-7-15(27)28)17(30)22-9-14(26)23-12(18(31)32)4-6-13(21)25/h10-12H,1-9,19-20H2,(H2,21,25)(H,22,30)(H,23,26)(H,24,29)(H,27,28)(H,31,32). The molecule has 0 saturated carbocycles. The maximum Gasteiger partial charge on any atom is 0.326 e. The number of primary amides is 1. The van der Waals surface area contributed by atoms with Crippen molar-refractivity contribution in [3.05, 3.63) is 0 Å². The Balaban J connectivity index is 4.86. The number of nitrogens with two attached hydrogens (primary N) is 3. The van der Waals surface area contributed by atoms with Crippen LogP contribution in [0.3, 0.4) is 0 Å². The van der Waals surface area contributed by atoms with Crippen LogP contribution in [0.25, 0.3) is 0 Å². The van der Waals surface area contributed by atoms with Crippen molar-refractivity contribution in [1.29, 1.82) is 0 Å². The zero-order valence-electron chi connectivity index (χ0n) is 17.7. The molecule has 0 spiro atoms. The fraction of sp³-hybridized carbons (Fsp3) is 0.667. The molecule has 0 aliphatic rings. The van der Waals surface area contributed by atoms with Gasteiger partial charge in [-0.25, -0.2) is 4.79 Å². The highest BCUT2D eigenvalue weighted by Gasteiger charge is 2.26. The predicted octanol–water partition coefficient (Wildman–Crippen LogP) is -3.26. The summed E-state index contributed by atoms with van der Waals surface area (Å²) in [6, 6.07) is -3.58. The van der Waals surface area contributed by atoms with Gasteiger partial charge in [-0.05, 0) is 32.2 Å². The predicted molar refractivity (Wildman–Crippen MR) is 111 cm³/mol. The van der Waals surface area contributed by atoms with Gasteiger partial charge in [0, 0.05) is 12.8 Å². The Morgan fingerprint density at radius 2 is 1.44 bits per heavy atom. The minimum absolute atomic E-state index is 0.232. The van der Waals surface area contributed by atoms with Gasteiger partial charge in [-0.15, -0.1) is 0 Å². The second-order valence-electron chi connectivity index (χ2n) is 7.07. The van der Waals surface area contributed by atoms with Gasteiger partial charge in [-0.3, -0.25) is 24.0 Å². The molecule has 0 aromatic rings. The van der Waals surface area contributed by atoms with Crippen molar-refractivity contribution in [2.75, 3.05) is 13.1 Å². The van der Waals surface area contributed by atoms with Crippen LogP contribution in [-0.4, -0.2) is 77.0 Å². The number of carbonyl (C=O) groups is 6. The Kier molecular flexibility index (Phi) is 13.9. The molecule has 11 N–H and O–H groups in total. The normalized spacial score (nSPS) is 13.3. The van der Waals surface area contributed by atoms with E-state index in [0.29, 0.717) is 25.8 Å². The Bertz CT molecular complexity index is 686. The minimum atomic E-state index is -1.39. The second-order valence-corrected chi connectivity index (χ2v) is 7.07. The number of carboxylic acid groups (broad SMARTS) is 2. The van der Waals surface area contributed by atoms with Gasteiger partial charge in [0.2, 0.25) is 23.6 Å². The Morgan fingerprint density at radius 3 is 1.97 bits per heavy atom. The van der Waals surface area contributed by atoms with Crippen LogP contribution in [0.2, 0.25) is 0 Å². The van der Waals surface area contributed by atoms with E-state index in [9.17, 15) is 28.8 Å². The van der Waals surface area contributed by atoms with Gasteiger partial charge in [-0.1, -0.05) is 6.42 Å². The molecule has 4 amide bonds. The quantitative estimate of drug-likeness (QED) is 0.100. The molecule has 0 radical (unpaired) electrons. The Labute approximate surface area is 184 Å². The highest BCUT2D eigenvalue weighted by Crippen LogP contribution is 2.03. The van der Waals surface area contributed by atoms with E-state index in [4.69, 9.17) is 27.4 Å². The molecule has 3 atom stereocenters. The van der Waals surface area contributed by atoms with E-state index in [1.54, 1.807) is 0 Å². The molecular weight excluding hydrogens is 428 g/mol. The third-order valence-corrected chi connectivity index (χ3v) is 4.32. The van der Waals surface area contributed by atoms with Crippen LogP contribution in [0.5, 0.6) is 0 Å². The van der Waals surface area contributed by atoms with Gasteiger partial charge in [0.1, 0.15) is 12.1 Å². The van der Waals surface area contributed by atoms with Crippen LogP contribution < -0.4 is 33.2 Å². The molecule has 32 heavy (non-hydrogen) atoms. The molecular formula is C18H32N6O8. The highest BCUT2D eigenvalue weighted by molar-refractivity contribution is 5.92. The number of rotatable bonds is 17. The average molecular weight is 460 g/mol. The lowest BCUT2D eigenvalue weighted by molar-refractivity contribution is -0.142. The zero-order chi connectivity index (χ0) is 24.7. The van der Waals surface area contributed by atoms with Crippen molar-refractivity contribution >= 4 is 35.6 Å². The highest BCUT2D eigenvalue weighted by atomic mass is 16.4. The fourth-order valence-electron chi connectivity index (χ4n) is 2.53. The average Bonchev–Trinajstić information content (AvgIpc) is 2.71. The van der Waals surface area contributed by atoms with E-state index in [0.717, 1.165) is 0 Å². The van der Waals surface area contributed by atoms with Crippen molar-refractivity contribution in [3.8, 4) is 0 Å². The number of hydrogen-bond donors (Lipinski definition) is 8. The summed E-state index contributed by atoms with van der Waals surface area (Å²) in [5.41, 5.74) is 16.1. The molecule has 0 aromatic carbocycles. The van der Waals surface area contributed by atoms with Gasteiger partial charge in [0.25, 0.3) is 0 Å². The lowest BCUT2D eigenvalue weighted by atomic mass is 10.1. The van der Waals surface area contributed by atoms with Gasteiger partial charge >= 0.3 is 11.9 Å². The summed E-state index contributed by atoms with van der Waals surface area (Å²) < 4.78 is 0. The summed E-state index contributed by atoms with van der Waals surface area (Å²) in [5.74, 6) is -5.68. The summed E-state index contributed by atoms with van der Waals surface area (Å²) in [5, 5.41) is 24.6. The maximum atomic E-state index is 12.4. The first-order chi connectivity index (χ1) is 15.0. The van der Waals surface area contributed by atoms with E-state index in [-0.39, 0.29) is 19.3 Å². The van der Waals surface area contributed by atoms with Crippen LogP contribution in [0.1, 0.15) is 44.9 Å². The van der Waals surface area contributed by atoms with Crippen molar-refractivity contribution in [1.82, 2.24) is 16.0 Å². The number of amides is 4. The van der Waals surface area contributed by atoms with Gasteiger partial charge in [0.05, 0.1) is 12.6 Å². The van der Waals surface area contributed by atoms with E-state index in [1.807, 2.05) is 0 Å². The van der Waals surface area contributed by atoms with Gasteiger partial charge in [0.15, 0.2) is 0 Å². The first-order valence-electron chi connectivity index (χ1n) is 10.0. The van der Waals surface area contributed by atoms with Crippen LogP contribution in [0, 0.1) is 0 Å².